The number of carboxylic acids is 2. The fourth-order valence-corrected chi connectivity index (χ4v) is 1.65. The first-order valence-corrected chi connectivity index (χ1v) is 5.60. The molecule has 9 heteroatoms. The lowest BCUT2D eigenvalue weighted by Gasteiger charge is -2.13. The number of carboxylic acid groups (broad SMARTS) is 2. The van der Waals surface area contributed by atoms with Gasteiger partial charge in [-0.25, -0.2) is 8.42 Å². The fraction of sp³-hybridized carbons (Fsp3) is 0.571. The fourth-order valence-electron chi connectivity index (χ4n) is 0.724. The molecule has 3 N–H and O–H groups in total. The van der Waals surface area contributed by atoms with E-state index in [9.17, 15) is 18.0 Å². The highest BCUT2D eigenvalue weighted by Gasteiger charge is 2.29. The van der Waals surface area contributed by atoms with Crippen molar-refractivity contribution in [3.63, 3.8) is 0 Å². The topological polar surface area (TPSA) is 145 Å². The summed E-state index contributed by atoms with van der Waals surface area (Å²) in [5.74, 6) is -3.07. The summed E-state index contributed by atoms with van der Waals surface area (Å²) in [4.78, 5) is 20.8. The Labute approximate surface area is 91.5 Å². The molecule has 0 amide bonds. The second-order valence-electron chi connectivity index (χ2n) is 2.92. The number of rotatable bonds is 6. The second kappa shape index (κ2) is 5.43. The normalized spacial score (nSPS) is 14.8. The van der Waals surface area contributed by atoms with E-state index in [-0.39, 0.29) is 0 Å². The Bertz CT molecular complexity index is 423. The highest BCUT2D eigenvalue weighted by Crippen LogP contribution is 2.01. The first-order valence-electron chi connectivity index (χ1n) is 4.06. The largest absolute Gasteiger partial charge is 0.481 e. The summed E-state index contributed by atoms with van der Waals surface area (Å²) in [6.45, 7) is 1.06. The Morgan fingerprint density at radius 1 is 1.44 bits per heavy atom. The van der Waals surface area contributed by atoms with Gasteiger partial charge in [0.15, 0.2) is 5.25 Å². The van der Waals surface area contributed by atoms with Gasteiger partial charge in [-0.3, -0.25) is 9.59 Å². The maximum Gasteiger partial charge on any atom is 0.322 e. The lowest BCUT2D eigenvalue weighted by Crippen LogP contribution is -2.45. The zero-order chi connectivity index (χ0) is 12.9. The molecule has 0 aliphatic carbocycles. The summed E-state index contributed by atoms with van der Waals surface area (Å²) >= 11 is 0. The molecule has 0 aromatic carbocycles. The average Bonchev–Trinajstić information content (AvgIpc) is 2.14. The predicted molar refractivity (Wildman–Crippen MR) is 50.8 cm³/mol. The van der Waals surface area contributed by atoms with Gasteiger partial charge in [0, 0.05) is 0 Å². The molecule has 90 valence electrons. The molecule has 0 aliphatic heterocycles. The quantitative estimate of drug-likeness (QED) is 0.533. The van der Waals surface area contributed by atoms with E-state index < -0.39 is 39.7 Å². The van der Waals surface area contributed by atoms with Crippen molar-refractivity contribution in [1.82, 2.24) is 4.72 Å². The van der Waals surface area contributed by atoms with Gasteiger partial charge in [0.2, 0.25) is 10.0 Å². The number of nitriles is 1. The van der Waals surface area contributed by atoms with Crippen molar-refractivity contribution in [3.05, 3.63) is 0 Å². The highest BCUT2D eigenvalue weighted by atomic mass is 32.2. The summed E-state index contributed by atoms with van der Waals surface area (Å²) < 4.78 is 24.2. The molecule has 0 rings (SSSR count). The maximum atomic E-state index is 11.3. The van der Waals surface area contributed by atoms with Gasteiger partial charge in [-0.1, -0.05) is 0 Å². The van der Waals surface area contributed by atoms with Crippen LogP contribution in [0, 0.1) is 11.3 Å². The van der Waals surface area contributed by atoms with Crippen molar-refractivity contribution >= 4 is 22.0 Å². The molecular formula is C7H10N2O6S. The Hall–Kier alpha value is -1.66. The van der Waals surface area contributed by atoms with Gasteiger partial charge in [0.1, 0.15) is 6.04 Å². The standard InChI is InChI=1S/C7H10N2O6S/c1-4(3-8)16(14,15)9-5(7(12)13)2-6(10)11/h4-5,9H,2H2,1H3,(H,10,11)(H,12,13). The lowest BCUT2D eigenvalue weighted by atomic mass is 10.2. The molecule has 0 saturated carbocycles. The van der Waals surface area contributed by atoms with Crippen LogP contribution in [0.1, 0.15) is 13.3 Å². The molecule has 0 spiro atoms. The van der Waals surface area contributed by atoms with E-state index in [2.05, 4.69) is 0 Å². The Morgan fingerprint density at radius 3 is 2.25 bits per heavy atom. The highest BCUT2D eigenvalue weighted by molar-refractivity contribution is 7.90. The third-order valence-corrected chi connectivity index (χ3v) is 3.28. The zero-order valence-electron chi connectivity index (χ0n) is 8.24. The molecule has 8 nitrogen and oxygen atoms in total. The van der Waals surface area contributed by atoms with Crippen molar-refractivity contribution in [3.8, 4) is 6.07 Å². The first-order chi connectivity index (χ1) is 7.20. The van der Waals surface area contributed by atoms with Gasteiger partial charge in [-0.05, 0) is 6.92 Å². The monoisotopic (exact) mass is 250 g/mol. The van der Waals surface area contributed by atoms with Gasteiger partial charge in [0.25, 0.3) is 0 Å². The van der Waals surface area contributed by atoms with E-state index in [1.165, 1.54) is 6.07 Å². The summed E-state index contributed by atoms with van der Waals surface area (Å²) in [7, 11) is -4.16. The van der Waals surface area contributed by atoms with E-state index in [1.54, 1.807) is 4.72 Å². The number of sulfonamides is 1. The van der Waals surface area contributed by atoms with Crippen LogP contribution in [0.2, 0.25) is 0 Å². The number of hydrogen-bond acceptors (Lipinski definition) is 5. The predicted octanol–water partition coefficient (Wildman–Crippen LogP) is -1.25. The van der Waals surface area contributed by atoms with E-state index in [0.29, 0.717) is 0 Å². The third kappa shape index (κ3) is 4.24. The van der Waals surface area contributed by atoms with E-state index in [1.807, 2.05) is 0 Å². The van der Waals surface area contributed by atoms with E-state index in [0.717, 1.165) is 6.92 Å². The van der Waals surface area contributed by atoms with Crippen LogP contribution in [0.15, 0.2) is 0 Å². The van der Waals surface area contributed by atoms with Crippen LogP contribution >= 0.6 is 0 Å². The summed E-state index contributed by atoms with van der Waals surface area (Å²) in [6, 6.07) is -0.367. The van der Waals surface area contributed by atoms with Crippen molar-refractivity contribution in [2.24, 2.45) is 0 Å². The average molecular weight is 250 g/mol. The van der Waals surface area contributed by atoms with Crippen LogP contribution in [-0.2, 0) is 19.6 Å². The lowest BCUT2D eigenvalue weighted by molar-refractivity contribution is -0.145. The maximum absolute atomic E-state index is 11.3. The van der Waals surface area contributed by atoms with Crippen LogP contribution in [0.5, 0.6) is 0 Å². The molecule has 0 aromatic heterocycles. The summed E-state index contributed by atoms with van der Waals surface area (Å²) in [5.41, 5.74) is 0. The van der Waals surface area contributed by atoms with Gasteiger partial charge in [-0.15, -0.1) is 0 Å². The van der Waals surface area contributed by atoms with Gasteiger partial charge >= 0.3 is 11.9 Å². The van der Waals surface area contributed by atoms with E-state index in [4.69, 9.17) is 15.5 Å². The SMILES string of the molecule is CC(C#N)S(=O)(=O)NC(CC(=O)O)C(=O)O. The number of nitrogens with zero attached hydrogens (tertiary/aromatic N) is 1. The minimum absolute atomic E-state index is 0.896. The second-order valence-corrected chi connectivity index (χ2v) is 4.96. The molecule has 16 heavy (non-hydrogen) atoms. The van der Waals surface area contributed by atoms with Gasteiger partial charge in [0.05, 0.1) is 12.5 Å². The smallest absolute Gasteiger partial charge is 0.322 e. The van der Waals surface area contributed by atoms with Crippen LogP contribution in [0.4, 0.5) is 0 Å². The van der Waals surface area contributed by atoms with Crippen molar-refractivity contribution in [1.29, 1.82) is 5.26 Å². The summed E-state index contributed by atoms with van der Waals surface area (Å²) in [5, 5.41) is 23.8. The Balaban J connectivity index is 4.85. The summed E-state index contributed by atoms with van der Waals surface area (Å²) in [6.07, 6.45) is -0.896. The molecule has 2 unspecified atom stereocenters. The molecular weight excluding hydrogens is 240 g/mol. The first kappa shape index (κ1) is 14.3. The molecule has 0 bridgehead atoms. The number of hydrogen-bond donors (Lipinski definition) is 3. The minimum Gasteiger partial charge on any atom is -0.481 e. The number of carbonyl (C=O) groups is 2. The number of aliphatic carboxylic acids is 2. The molecule has 0 heterocycles. The minimum atomic E-state index is -4.16. The number of nitrogens with one attached hydrogen (secondary N) is 1. The molecule has 0 aliphatic rings. The molecule has 0 fully saturated rings. The van der Waals surface area contributed by atoms with Gasteiger partial charge in [-0.2, -0.15) is 9.98 Å². The van der Waals surface area contributed by atoms with Crippen LogP contribution < -0.4 is 4.72 Å². The molecule has 2 atom stereocenters. The van der Waals surface area contributed by atoms with Crippen molar-refractivity contribution in [2.75, 3.05) is 0 Å². The van der Waals surface area contributed by atoms with Crippen molar-refractivity contribution in [2.45, 2.75) is 24.6 Å². The van der Waals surface area contributed by atoms with Crippen LogP contribution in [-0.4, -0.2) is 41.9 Å². The zero-order valence-corrected chi connectivity index (χ0v) is 9.06. The molecule has 0 radical (unpaired) electrons. The van der Waals surface area contributed by atoms with Crippen LogP contribution in [0.25, 0.3) is 0 Å². The van der Waals surface area contributed by atoms with Crippen LogP contribution in [0.3, 0.4) is 0 Å². The van der Waals surface area contributed by atoms with E-state index >= 15 is 0 Å². The van der Waals surface area contributed by atoms with Gasteiger partial charge < -0.3 is 10.2 Å². The molecule has 0 aromatic rings. The third-order valence-electron chi connectivity index (χ3n) is 1.63. The van der Waals surface area contributed by atoms with Crippen molar-refractivity contribution < 1.29 is 28.2 Å². The Kier molecular flexibility index (Phi) is 4.87. The molecule has 0 saturated heterocycles. The Morgan fingerprint density at radius 2 is 1.94 bits per heavy atom.